The minimum Gasteiger partial charge on any atom is -0.355 e. The first-order valence-electron chi connectivity index (χ1n) is 9.52. The predicted octanol–water partition coefficient (Wildman–Crippen LogP) is 2.64. The summed E-state index contributed by atoms with van der Waals surface area (Å²) in [7, 11) is 0. The van der Waals surface area contributed by atoms with Crippen LogP contribution in [0.5, 0.6) is 0 Å². The van der Waals surface area contributed by atoms with Gasteiger partial charge >= 0.3 is 0 Å². The molecule has 2 aromatic rings. The smallest absolute Gasteiger partial charge is 0.239 e. The molecule has 7 heteroatoms. The van der Waals surface area contributed by atoms with Gasteiger partial charge in [0.25, 0.3) is 0 Å². The normalized spacial score (nSPS) is 15.5. The standard InChI is InChI=1S/C21H27N3O2S.ClH/c22-19(15-16-5-2-1-3-6-16)21(26)24-12-9-17(10-13-24)20(25)23-11-8-18-7-4-14-27-18;/h1-7,14,17,19H,8-13,15,22H2,(H,23,25);1H/t19-;/m0./s1. The number of likely N-dealkylation sites (tertiary alicyclic amines) is 1. The molecule has 0 spiro atoms. The van der Waals surface area contributed by atoms with Crippen LogP contribution in [0.1, 0.15) is 23.3 Å². The van der Waals surface area contributed by atoms with Crippen molar-refractivity contribution in [3.63, 3.8) is 0 Å². The van der Waals surface area contributed by atoms with E-state index in [4.69, 9.17) is 5.73 Å². The van der Waals surface area contributed by atoms with Gasteiger partial charge in [0.2, 0.25) is 11.8 Å². The molecule has 0 aliphatic carbocycles. The number of carbonyl (C=O) groups is 2. The van der Waals surface area contributed by atoms with E-state index in [-0.39, 0.29) is 30.1 Å². The molecule has 3 rings (SSSR count). The molecule has 152 valence electrons. The van der Waals surface area contributed by atoms with Gasteiger partial charge in [-0.15, -0.1) is 23.7 Å². The number of nitrogens with two attached hydrogens (primary N) is 1. The number of nitrogens with one attached hydrogen (secondary N) is 1. The number of benzene rings is 1. The number of carbonyl (C=O) groups excluding carboxylic acids is 2. The van der Waals surface area contributed by atoms with Gasteiger partial charge in [-0.25, -0.2) is 0 Å². The molecular formula is C21H28ClN3O2S. The first-order valence-corrected chi connectivity index (χ1v) is 10.4. The average Bonchev–Trinajstić information content (AvgIpc) is 3.21. The molecule has 0 bridgehead atoms. The largest absolute Gasteiger partial charge is 0.355 e. The molecule has 0 saturated carbocycles. The molecule has 28 heavy (non-hydrogen) atoms. The van der Waals surface area contributed by atoms with Crippen molar-refractivity contribution in [2.75, 3.05) is 19.6 Å². The van der Waals surface area contributed by atoms with Gasteiger partial charge in [0, 0.05) is 30.4 Å². The van der Waals surface area contributed by atoms with E-state index in [1.807, 2.05) is 46.7 Å². The molecule has 1 aliphatic rings. The van der Waals surface area contributed by atoms with Crippen LogP contribution < -0.4 is 11.1 Å². The van der Waals surface area contributed by atoms with Gasteiger partial charge in [-0.1, -0.05) is 36.4 Å². The summed E-state index contributed by atoms with van der Waals surface area (Å²) in [6, 6.07) is 13.4. The van der Waals surface area contributed by atoms with Gasteiger partial charge in [-0.3, -0.25) is 9.59 Å². The maximum Gasteiger partial charge on any atom is 0.239 e. The van der Waals surface area contributed by atoms with Crippen LogP contribution in [0.4, 0.5) is 0 Å². The molecule has 3 N–H and O–H groups in total. The third kappa shape index (κ3) is 6.33. The van der Waals surface area contributed by atoms with E-state index in [1.165, 1.54) is 4.88 Å². The van der Waals surface area contributed by atoms with E-state index in [9.17, 15) is 9.59 Å². The Kier molecular flexibility index (Phi) is 8.96. The topological polar surface area (TPSA) is 75.4 Å². The van der Waals surface area contributed by atoms with E-state index < -0.39 is 6.04 Å². The zero-order valence-corrected chi connectivity index (χ0v) is 17.5. The maximum absolute atomic E-state index is 12.6. The Morgan fingerprint density at radius 1 is 1.14 bits per heavy atom. The van der Waals surface area contributed by atoms with Gasteiger partial charge in [-0.2, -0.15) is 0 Å². The Labute approximate surface area is 176 Å². The van der Waals surface area contributed by atoms with Crippen molar-refractivity contribution in [3.05, 3.63) is 58.3 Å². The summed E-state index contributed by atoms with van der Waals surface area (Å²) < 4.78 is 0. The van der Waals surface area contributed by atoms with Crippen LogP contribution in [0.2, 0.25) is 0 Å². The molecule has 2 heterocycles. The predicted molar refractivity (Wildman–Crippen MR) is 116 cm³/mol. The number of rotatable bonds is 7. The molecule has 1 aliphatic heterocycles. The summed E-state index contributed by atoms with van der Waals surface area (Å²) in [5.41, 5.74) is 7.19. The summed E-state index contributed by atoms with van der Waals surface area (Å²) in [6.45, 7) is 1.87. The summed E-state index contributed by atoms with van der Waals surface area (Å²) in [5, 5.41) is 5.08. The third-order valence-corrected chi connectivity index (χ3v) is 5.98. The number of hydrogen-bond donors (Lipinski definition) is 2. The molecule has 1 aromatic carbocycles. The van der Waals surface area contributed by atoms with Crippen molar-refractivity contribution in [2.24, 2.45) is 11.7 Å². The molecule has 0 radical (unpaired) electrons. The Morgan fingerprint density at radius 2 is 1.86 bits per heavy atom. The van der Waals surface area contributed by atoms with E-state index in [2.05, 4.69) is 11.4 Å². The van der Waals surface area contributed by atoms with Crippen molar-refractivity contribution in [3.8, 4) is 0 Å². The quantitative estimate of drug-likeness (QED) is 0.721. The fourth-order valence-electron chi connectivity index (χ4n) is 3.46. The fraction of sp³-hybridized carbons (Fsp3) is 0.429. The van der Waals surface area contributed by atoms with Crippen LogP contribution in [0.25, 0.3) is 0 Å². The van der Waals surface area contributed by atoms with Gasteiger partial charge in [0.15, 0.2) is 0 Å². The number of hydrogen-bond acceptors (Lipinski definition) is 4. The molecule has 5 nitrogen and oxygen atoms in total. The van der Waals surface area contributed by atoms with Gasteiger partial charge in [-0.05, 0) is 42.7 Å². The van der Waals surface area contributed by atoms with Crippen molar-refractivity contribution in [2.45, 2.75) is 31.7 Å². The first-order chi connectivity index (χ1) is 13.1. The fourth-order valence-corrected chi connectivity index (χ4v) is 4.17. The average molecular weight is 422 g/mol. The highest BCUT2D eigenvalue weighted by atomic mass is 35.5. The highest BCUT2D eigenvalue weighted by Crippen LogP contribution is 2.18. The molecule has 1 fully saturated rings. The lowest BCUT2D eigenvalue weighted by Crippen LogP contribution is -2.49. The van der Waals surface area contributed by atoms with Crippen LogP contribution in [0.3, 0.4) is 0 Å². The molecule has 1 aromatic heterocycles. The van der Waals surface area contributed by atoms with Gasteiger partial charge in [0.1, 0.15) is 0 Å². The summed E-state index contributed by atoms with van der Waals surface area (Å²) >= 11 is 1.71. The highest BCUT2D eigenvalue weighted by molar-refractivity contribution is 7.09. The Balaban J connectivity index is 0.00000280. The summed E-state index contributed by atoms with van der Waals surface area (Å²) in [6.07, 6.45) is 2.82. The van der Waals surface area contributed by atoms with E-state index in [1.54, 1.807) is 11.3 Å². The van der Waals surface area contributed by atoms with Crippen molar-refractivity contribution >= 4 is 35.6 Å². The maximum atomic E-state index is 12.6. The molecule has 0 unspecified atom stereocenters. The summed E-state index contributed by atoms with van der Waals surface area (Å²) in [5.74, 6) is 0.0744. The number of piperidine rings is 1. The SMILES string of the molecule is Cl.N[C@@H](Cc1ccccc1)C(=O)N1CCC(C(=O)NCCc2cccs2)CC1. The van der Waals surface area contributed by atoms with Crippen LogP contribution in [0.15, 0.2) is 47.8 Å². The highest BCUT2D eigenvalue weighted by Gasteiger charge is 2.29. The lowest BCUT2D eigenvalue weighted by molar-refractivity contribution is -0.136. The minimum absolute atomic E-state index is 0. The Morgan fingerprint density at radius 3 is 2.50 bits per heavy atom. The van der Waals surface area contributed by atoms with Crippen LogP contribution in [0, 0.1) is 5.92 Å². The molecule has 1 atom stereocenters. The van der Waals surface area contributed by atoms with Gasteiger partial charge in [0.05, 0.1) is 6.04 Å². The Hall–Kier alpha value is -1.89. The molecular weight excluding hydrogens is 394 g/mol. The number of halogens is 1. The molecule has 1 saturated heterocycles. The van der Waals surface area contributed by atoms with Crippen molar-refractivity contribution in [1.29, 1.82) is 0 Å². The van der Waals surface area contributed by atoms with Crippen LogP contribution in [-0.4, -0.2) is 42.4 Å². The van der Waals surface area contributed by atoms with E-state index in [0.717, 1.165) is 12.0 Å². The zero-order chi connectivity index (χ0) is 19.1. The first kappa shape index (κ1) is 22.4. The third-order valence-electron chi connectivity index (χ3n) is 5.04. The molecule has 2 amide bonds. The van der Waals surface area contributed by atoms with Crippen LogP contribution >= 0.6 is 23.7 Å². The second-order valence-electron chi connectivity index (χ2n) is 7.02. The monoisotopic (exact) mass is 421 g/mol. The van der Waals surface area contributed by atoms with Crippen molar-refractivity contribution < 1.29 is 9.59 Å². The van der Waals surface area contributed by atoms with E-state index >= 15 is 0 Å². The zero-order valence-electron chi connectivity index (χ0n) is 15.9. The number of amides is 2. The Bertz CT molecular complexity index is 731. The lowest BCUT2D eigenvalue weighted by Gasteiger charge is -2.33. The minimum atomic E-state index is -0.524. The van der Waals surface area contributed by atoms with Crippen molar-refractivity contribution in [1.82, 2.24) is 10.2 Å². The van der Waals surface area contributed by atoms with Crippen LogP contribution in [-0.2, 0) is 22.4 Å². The van der Waals surface area contributed by atoms with E-state index in [0.29, 0.717) is 38.9 Å². The second kappa shape index (κ2) is 11.2. The lowest BCUT2D eigenvalue weighted by atomic mass is 9.95. The number of nitrogens with zero attached hydrogens (tertiary/aromatic N) is 1. The van der Waals surface area contributed by atoms with Gasteiger partial charge < -0.3 is 16.0 Å². The summed E-state index contributed by atoms with van der Waals surface area (Å²) in [4.78, 5) is 28.0. The number of thiophene rings is 1. The second-order valence-corrected chi connectivity index (χ2v) is 8.05.